The third kappa shape index (κ3) is 3.39. The van der Waals surface area contributed by atoms with E-state index in [0.29, 0.717) is 41.4 Å². The van der Waals surface area contributed by atoms with Crippen LogP contribution in [0.15, 0.2) is 22.8 Å². The van der Waals surface area contributed by atoms with Crippen molar-refractivity contribution in [3.63, 3.8) is 0 Å². The zero-order chi connectivity index (χ0) is 25.5. The van der Waals surface area contributed by atoms with E-state index in [0.717, 1.165) is 38.5 Å². The normalized spacial score (nSPS) is 46.3. The molecule has 5 rings (SSSR count). The molecule has 5 aliphatic rings. The largest absolute Gasteiger partial charge is 0.426 e. The monoisotopic (exact) mass is 482 g/mol. The molecule has 0 spiro atoms. The molecule has 1 aliphatic heterocycles. The van der Waals surface area contributed by atoms with Gasteiger partial charge in [0.25, 0.3) is 0 Å². The van der Waals surface area contributed by atoms with Crippen LogP contribution in [0.1, 0.15) is 92.9 Å². The van der Waals surface area contributed by atoms with Gasteiger partial charge in [0.15, 0.2) is 5.78 Å². The standard InChI is InChI=1S/C30H42O5/c1-16-9-7-11-20-13-23(31)22(15-28(16,20)5)18(3)26(32)25-24-19(4)27(33)35-30(24,34)14-21-12-8-10-17(2)29(21,25)6/h15-18,20-21,25,34H,7-14H2,1-6H3/t16-,17-,18+,20+,21+,25-,28+,29+,30-/m0/s1. The molecule has 1 N–H and O–H groups in total. The molecule has 5 nitrogen and oxygen atoms in total. The molecule has 4 aliphatic carbocycles. The predicted octanol–water partition coefficient (Wildman–Crippen LogP) is 5.56. The number of ketones is 2. The minimum atomic E-state index is -1.71. The van der Waals surface area contributed by atoms with E-state index in [4.69, 9.17) is 4.74 Å². The molecule has 0 aromatic rings. The van der Waals surface area contributed by atoms with Crippen molar-refractivity contribution in [1.82, 2.24) is 0 Å². The Morgan fingerprint density at radius 2 is 1.69 bits per heavy atom. The van der Waals surface area contributed by atoms with Gasteiger partial charge in [-0.05, 0) is 60.7 Å². The maximum absolute atomic E-state index is 14.5. The molecule has 3 saturated carbocycles. The van der Waals surface area contributed by atoms with Gasteiger partial charge in [0.2, 0.25) is 5.79 Å². The summed E-state index contributed by atoms with van der Waals surface area (Å²) in [6, 6.07) is 0. The number of aliphatic hydroxyl groups is 1. The Balaban J connectivity index is 1.60. The number of hydrogen-bond donors (Lipinski definition) is 1. The highest BCUT2D eigenvalue weighted by atomic mass is 16.7. The number of fused-ring (bicyclic) bond motifs is 3. The molecule has 0 bridgehead atoms. The van der Waals surface area contributed by atoms with E-state index < -0.39 is 23.6 Å². The van der Waals surface area contributed by atoms with Gasteiger partial charge in [0, 0.05) is 35.5 Å². The molecule has 0 unspecified atom stereocenters. The van der Waals surface area contributed by atoms with Crippen molar-refractivity contribution in [2.24, 2.45) is 46.3 Å². The van der Waals surface area contributed by atoms with Crippen LogP contribution in [-0.4, -0.2) is 28.4 Å². The molecule has 0 aromatic carbocycles. The molecular formula is C30H42O5. The summed E-state index contributed by atoms with van der Waals surface area (Å²) < 4.78 is 5.53. The predicted molar refractivity (Wildman–Crippen MR) is 133 cm³/mol. The minimum Gasteiger partial charge on any atom is -0.426 e. The molecule has 3 fully saturated rings. The molecule has 9 atom stereocenters. The van der Waals surface area contributed by atoms with Crippen LogP contribution < -0.4 is 0 Å². The molecule has 1 heterocycles. The number of carbonyl (C=O) groups excluding carboxylic acids is 3. The number of Topliss-reactive ketones (excluding diaryl/α,β-unsaturated/α-hetero) is 2. The summed E-state index contributed by atoms with van der Waals surface area (Å²) in [6.45, 7) is 12.5. The van der Waals surface area contributed by atoms with Crippen molar-refractivity contribution in [3.05, 3.63) is 22.8 Å². The fourth-order valence-electron chi connectivity index (χ4n) is 8.72. The van der Waals surface area contributed by atoms with Crippen LogP contribution in [-0.2, 0) is 19.1 Å². The zero-order valence-corrected chi connectivity index (χ0v) is 22.3. The SMILES string of the molecule is CC1=C2[C@@H](C(=O)[C@H](C)C3=C[C@@]4(C)[C@H](CCC[C@@H]4C)CC3=O)[C@@]3(C)[C@H](CCC[C@@H]3C)C[C@]2(O)OC1=O. The molecular weight excluding hydrogens is 440 g/mol. The summed E-state index contributed by atoms with van der Waals surface area (Å²) in [5.41, 5.74) is 1.01. The van der Waals surface area contributed by atoms with Crippen molar-refractivity contribution in [1.29, 1.82) is 0 Å². The number of rotatable bonds is 3. The van der Waals surface area contributed by atoms with Gasteiger partial charge in [0.05, 0.1) is 5.92 Å². The van der Waals surface area contributed by atoms with Gasteiger partial charge in [0.1, 0.15) is 5.78 Å². The first kappa shape index (κ1) is 24.9. The average molecular weight is 483 g/mol. The summed E-state index contributed by atoms with van der Waals surface area (Å²) in [7, 11) is 0. The highest BCUT2D eigenvalue weighted by Gasteiger charge is 2.65. The van der Waals surface area contributed by atoms with Crippen LogP contribution in [0.4, 0.5) is 0 Å². The Labute approximate surface area is 209 Å². The molecule has 0 amide bonds. The molecule has 35 heavy (non-hydrogen) atoms. The number of carbonyl (C=O) groups is 3. The van der Waals surface area contributed by atoms with Gasteiger partial charge < -0.3 is 9.84 Å². The van der Waals surface area contributed by atoms with Crippen LogP contribution in [0.3, 0.4) is 0 Å². The molecule has 0 radical (unpaired) electrons. The Bertz CT molecular complexity index is 1040. The van der Waals surface area contributed by atoms with Gasteiger partial charge >= 0.3 is 5.97 Å². The third-order valence-corrected chi connectivity index (χ3v) is 11.5. The van der Waals surface area contributed by atoms with Crippen molar-refractivity contribution >= 4 is 17.5 Å². The van der Waals surface area contributed by atoms with Crippen LogP contribution >= 0.6 is 0 Å². The molecule has 192 valence electrons. The van der Waals surface area contributed by atoms with Crippen LogP contribution in [0, 0.1) is 46.3 Å². The van der Waals surface area contributed by atoms with Crippen molar-refractivity contribution in [3.8, 4) is 0 Å². The van der Waals surface area contributed by atoms with E-state index in [2.05, 4.69) is 33.8 Å². The lowest BCUT2D eigenvalue weighted by molar-refractivity contribution is -0.213. The maximum atomic E-state index is 14.5. The number of ether oxygens (including phenoxy) is 1. The van der Waals surface area contributed by atoms with E-state index in [1.165, 1.54) is 0 Å². The number of esters is 1. The lowest BCUT2D eigenvalue weighted by Crippen LogP contribution is -2.58. The summed E-state index contributed by atoms with van der Waals surface area (Å²) in [6.07, 6.45) is 9.35. The number of hydrogen-bond acceptors (Lipinski definition) is 5. The zero-order valence-electron chi connectivity index (χ0n) is 22.3. The molecule has 5 heteroatoms. The third-order valence-electron chi connectivity index (χ3n) is 11.5. The van der Waals surface area contributed by atoms with E-state index in [1.807, 2.05) is 6.92 Å². The Morgan fingerprint density at radius 3 is 2.37 bits per heavy atom. The van der Waals surface area contributed by atoms with Crippen molar-refractivity contribution < 1.29 is 24.2 Å². The van der Waals surface area contributed by atoms with Crippen molar-refractivity contribution in [2.75, 3.05) is 0 Å². The van der Waals surface area contributed by atoms with Gasteiger partial charge in [-0.25, -0.2) is 4.79 Å². The van der Waals surface area contributed by atoms with Gasteiger partial charge in [-0.15, -0.1) is 0 Å². The van der Waals surface area contributed by atoms with E-state index in [-0.39, 0.29) is 34.2 Å². The minimum absolute atomic E-state index is 0.0397. The molecule has 0 saturated heterocycles. The first-order valence-electron chi connectivity index (χ1n) is 13.8. The average Bonchev–Trinajstić information content (AvgIpc) is 3.01. The molecule has 0 aromatic heterocycles. The highest BCUT2D eigenvalue weighted by molar-refractivity contribution is 6.05. The van der Waals surface area contributed by atoms with Crippen molar-refractivity contribution in [2.45, 2.75) is 98.7 Å². The van der Waals surface area contributed by atoms with Crippen LogP contribution in [0.2, 0.25) is 0 Å². The second kappa shape index (κ2) is 8.13. The second-order valence-corrected chi connectivity index (χ2v) is 13.0. The quantitative estimate of drug-likeness (QED) is 0.533. The van der Waals surface area contributed by atoms with E-state index in [1.54, 1.807) is 6.92 Å². The van der Waals surface area contributed by atoms with E-state index in [9.17, 15) is 19.5 Å². The summed E-state index contributed by atoms with van der Waals surface area (Å²) >= 11 is 0. The van der Waals surface area contributed by atoms with Crippen LogP contribution in [0.25, 0.3) is 0 Å². The smallest absolute Gasteiger partial charge is 0.336 e. The van der Waals surface area contributed by atoms with Gasteiger partial charge in [-0.3, -0.25) is 9.59 Å². The fourth-order valence-corrected chi connectivity index (χ4v) is 8.72. The lowest BCUT2D eigenvalue weighted by Gasteiger charge is -2.57. The second-order valence-electron chi connectivity index (χ2n) is 13.0. The maximum Gasteiger partial charge on any atom is 0.336 e. The van der Waals surface area contributed by atoms with Crippen LogP contribution in [0.5, 0.6) is 0 Å². The summed E-state index contributed by atoms with van der Waals surface area (Å²) in [4.78, 5) is 40.6. The Kier molecular flexibility index (Phi) is 5.79. The fraction of sp³-hybridized carbons (Fsp3) is 0.767. The first-order chi connectivity index (χ1) is 16.3. The number of allylic oxidation sites excluding steroid dienone is 2. The van der Waals surface area contributed by atoms with Gasteiger partial charge in [-0.2, -0.15) is 0 Å². The highest BCUT2D eigenvalue weighted by Crippen LogP contribution is 2.63. The lowest BCUT2D eigenvalue weighted by atomic mass is 9.47. The Hall–Kier alpha value is -1.75. The Morgan fingerprint density at radius 1 is 1.06 bits per heavy atom. The van der Waals surface area contributed by atoms with E-state index >= 15 is 0 Å². The summed E-state index contributed by atoms with van der Waals surface area (Å²) in [5.74, 6) is -2.23. The van der Waals surface area contributed by atoms with Gasteiger partial charge in [-0.1, -0.05) is 60.0 Å². The topological polar surface area (TPSA) is 80.7 Å². The summed E-state index contributed by atoms with van der Waals surface area (Å²) in [5, 5.41) is 11.6. The first-order valence-corrected chi connectivity index (χ1v) is 13.8.